The SMILES string of the molecule is Cc1ccccc1[C@@H]1CCCN(C(=O)CCn2ccc(=O)[nH]c2=O)C1. The largest absolute Gasteiger partial charge is 0.342 e. The van der Waals surface area contributed by atoms with Crippen LogP contribution in [0.15, 0.2) is 46.1 Å². The van der Waals surface area contributed by atoms with E-state index in [1.54, 1.807) is 0 Å². The second-order valence-electron chi connectivity index (χ2n) is 6.59. The third kappa shape index (κ3) is 4.07. The topological polar surface area (TPSA) is 75.2 Å². The van der Waals surface area contributed by atoms with E-state index in [0.29, 0.717) is 5.92 Å². The summed E-state index contributed by atoms with van der Waals surface area (Å²) in [5.41, 5.74) is 1.68. The summed E-state index contributed by atoms with van der Waals surface area (Å²) in [7, 11) is 0. The zero-order valence-corrected chi connectivity index (χ0v) is 14.4. The van der Waals surface area contributed by atoms with Crippen LogP contribution in [-0.2, 0) is 11.3 Å². The van der Waals surface area contributed by atoms with Crippen molar-refractivity contribution in [3.8, 4) is 0 Å². The van der Waals surface area contributed by atoms with E-state index in [-0.39, 0.29) is 18.9 Å². The molecule has 1 fully saturated rings. The van der Waals surface area contributed by atoms with Crippen molar-refractivity contribution >= 4 is 5.91 Å². The summed E-state index contributed by atoms with van der Waals surface area (Å²) in [6, 6.07) is 9.63. The molecule has 0 unspecified atom stereocenters. The van der Waals surface area contributed by atoms with E-state index >= 15 is 0 Å². The van der Waals surface area contributed by atoms with Crippen LogP contribution in [0, 0.1) is 6.92 Å². The van der Waals surface area contributed by atoms with Gasteiger partial charge >= 0.3 is 5.69 Å². The van der Waals surface area contributed by atoms with Gasteiger partial charge in [-0.3, -0.25) is 14.6 Å². The van der Waals surface area contributed by atoms with Gasteiger partial charge in [0.15, 0.2) is 0 Å². The Morgan fingerprint density at radius 1 is 1.24 bits per heavy atom. The molecule has 3 rings (SSSR count). The number of hydrogen-bond acceptors (Lipinski definition) is 3. The van der Waals surface area contributed by atoms with E-state index in [1.165, 1.54) is 28.0 Å². The zero-order chi connectivity index (χ0) is 17.8. The van der Waals surface area contributed by atoms with Crippen molar-refractivity contribution in [3.05, 3.63) is 68.5 Å². The fourth-order valence-corrected chi connectivity index (χ4v) is 3.50. The van der Waals surface area contributed by atoms with E-state index < -0.39 is 11.2 Å². The van der Waals surface area contributed by atoms with Crippen LogP contribution in [0.2, 0.25) is 0 Å². The van der Waals surface area contributed by atoms with Crippen LogP contribution < -0.4 is 11.2 Å². The predicted octanol–water partition coefficient (Wildman–Crippen LogP) is 1.64. The van der Waals surface area contributed by atoms with Crippen LogP contribution >= 0.6 is 0 Å². The second-order valence-corrected chi connectivity index (χ2v) is 6.59. The maximum absolute atomic E-state index is 12.6. The standard InChI is InChI=1S/C19H23N3O3/c1-14-5-2-3-7-16(14)15-6-4-10-22(13-15)18(24)9-12-21-11-8-17(23)20-19(21)25/h2-3,5,7-8,11,15H,4,6,9-10,12-13H2,1H3,(H,20,23,25)/t15-/m1/s1. The van der Waals surface area contributed by atoms with Crippen molar-refractivity contribution in [2.45, 2.75) is 38.6 Å². The van der Waals surface area contributed by atoms with Gasteiger partial charge in [-0.2, -0.15) is 0 Å². The molecule has 1 aromatic carbocycles. The molecule has 0 aliphatic carbocycles. The van der Waals surface area contributed by atoms with Crippen molar-refractivity contribution in [2.24, 2.45) is 0 Å². The molecular formula is C19H23N3O3. The summed E-state index contributed by atoms with van der Waals surface area (Å²) < 4.78 is 1.36. The zero-order valence-electron chi connectivity index (χ0n) is 14.4. The average Bonchev–Trinajstić information content (AvgIpc) is 2.61. The molecule has 1 saturated heterocycles. The summed E-state index contributed by atoms with van der Waals surface area (Å²) in [5.74, 6) is 0.422. The molecule has 0 bridgehead atoms. The summed E-state index contributed by atoms with van der Waals surface area (Å²) in [6.45, 7) is 3.88. The van der Waals surface area contributed by atoms with Crippen molar-refractivity contribution in [1.82, 2.24) is 14.5 Å². The summed E-state index contributed by atoms with van der Waals surface area (Å²) in [6.07, 6.45) is 3.77. The van der Waals surface area contributed by atoms with Gasteiger partial charge in [-0.25, -0.2) is 4.79 Å². The number of benzene rings is 1. The first-order valence-electron chi connectivity index (χ1n) is 8.67. The van der Waals surface area contributed by atoms with Crippen LogP contribution in [0.1, 0.15) is 36.3 Å². The van der Waals surface area contributed by atoms with Gasteiger partial charge in [0, 0.05) is 44.2 Å². The van der Waals surface area contributed by atoms with Crippen LogP contribution in [-0.4, -0.2) is 33.4 Å². The maximum Gasteiger partial charge on any atom is 0.328 e. The lowest BCUT2D eigenvalue weighted by Gasteiger charge is -2.33. The molecule has 1 aliphatic rings. The highest BCUT2D eigenvalue weighted by atomic mass is 16.2. The molecule has 6 nitrogen and oxygen atoms in total. The fourth-order valence-electron chi connectivity index (χ4n) is 3.50. The molecule has 132 valence electrons. The Labute approximate surface area is 146 Å². The van der Waals surface area contributed by atoms with Gasteiger partial charge in [-0.15, -0.1) is 0 Å². The Hall–Kier alpha value is -2.63. The molecule has 6 heteroatoms. The van der Waals surface area contributed by atoms with Crippen LogP contribution in [0.5, 0.6) is 0 Å². The van der Waals surface area contributed by atoms with E-state index in [1.807, 2.05) is 17.0 Å². The van der Waals surface area contributed by atoms with Crippen LogP contribution in [0.25, 0.3) is 0 Å². The molecule has 0 spiro atoms. The van der Waals surface area contributed by atoms with Crippen molar-refractivity contribution in [1.29, 1.82) is 0 Å². The highest BCUT2D eigenvalue weighted by molar-refractivity contribution is 5.76. The van der Waals surface area contributed by atoms with Gasteiger partial charge in [0.2, 0.25) is 5.91 Å². The van der Waals surface area contributed by atoms with Gasteiger partial charge in [0.1, 0.15) is 0 Å². The first-order valence-corrected chi connectivity index (χ1v) is 8.67. The van der Waals surface area contributed by atoms with Gasteiger partial charge in [0.05, 0.1) is 0 Å². The smallest absolute Gasteiger partial charge is 0.328 e. The Morgan fingerprint density at radius 2 is 2.04 bits per heavy atom. The molecule has 0 saturated carbocycles. The van der Waals surface area contributed by atoms with Crippen LogP contribution in [0.3, 0.4) is 0 Å². The third-order valence-electron chi connectivity index (χ3n) is 4.87. The number of amides is 1. The molecule has 2 heterocycles. The number of nitrogens with one attached hydrogen (secondary N) is 1. The molecule has 25 heavy (non-hydrogen) atoms. The number of H-pyrrole nitrogens is 1. The fraction of sp³-hybridized carbons (Fsp3) is 0.421. The van der Waals surface area contributed by atoms with Crippen molar-refractivity contribution in [3.63, 3.8) is 0 Å². The Kier molecular flexibility index (Phi) is 5.16. The average molecular weight is 341 g/mol. The number of piperidine rings is 1. The van der Waals surface area contributed by atoms with Crippen LogP contribution in [0.4, 0.5) is 0 Å². The van der Waals surface area contributed by atoms with E-state index in [0.717, 1.165) is 25.9 Å². The van der Waals surface area contributed by atoms with Gasteiger partial charge < -0.3 is 9.47 Å². The number of carbonyl (C=O) groups excluding carboxylic acids is 1. The number of hydrogen-bond donors (Lipinski definition) is 1. The lowest BCUT2D eigenvalue weighted by molar-refractivity contribution is -0.132. The quantitative estimate of drug-likeness (QED) is 0.919. The van der Waals surface area contributed by atoms with Gasteiger partial charge in [-0.05, 0) is 30.9 Å². The Balaban J connectivity index is 1.63. The predicted molar refractivity (Wildman–Crippen MR) is 95.7 cm³/mol. The van der Waals surface area contributed by atoms with Gasteiger partial charge in [-0.1, -0.05) is 24.3 Å². The first kappa shape index (κ1) is 17.2. The molecule has 1 N–H and O–H groups in total. The minimum Gasteiger partial charge on any atom is -0.342 e. The monoisotopic (exact) mass is 341 g/mol. The number of aromatic nitrogens is 2. The third-order valence-corrected chi connectivity index (χ3v) is 4.87. The number of nitrogens with zero attached hydrogens (tertiary/aromatic N) is 2. The molecule has 1 atom stereocenters. The lowest BCUT2D eigenvalue weighted by Crippen LogP contribution is -2.40. The summed E-state index contributed by atoms with van der Waals surface area (Å²) in [5, 5.41) is 0. The van der Waals surface area contributed by atoms with E-state index in [4.69, 9.17) is 0 Å². The number of aromatic amines is 1. The van der Waals surface area contributed by atoms with Crippen molar-refractivity contribution in [2.75, 3.05) is 13.1 Å². The minimum absolute atomic E-state index is 0.0522. The first-order chi connectivity index (χ1) is 12.0. The summed E-state index contributed by atoms with van der Waals surface area (Å²) >= 11 is 0. The Bertz CT molecular complexity index is 868. The second kappa shape index (κ2) is 7.51. The highest BCUT2D eigenvalue weighted by Crippen LogP contribution is 2.29. The molecular weight excluding hydrogens is 318 g/mol. The number of aryl methyl sites for hydroxylation is 2. The molecule has 0 radical (unpaired) electrons. The molecule has 1 aliphatic heterocycles. The van der Waals surface area contributed by atoms with E-state index in [9.17, 15) is 14.4 Å². The molecule has 2 aromatic rings. The number of rotatable bonds is 4. The number of likely N-dealkylation sites (tertiary alicyclic amines) is 1. The van der Waals surface area contributed by atoms with E-state index in [2.05, 4.69) is 24.0 Å². The Morgan fingerprint density at radius 3 is 2.80 bits per heavy atom. The van der Waals surface area contributed by atoms with Gasteiger partial charge in [0.25, 0.3) is 5.56 Å². The minimum atomic E-state index is -0.475. The number of carbonyl (C=O) groups is 1. The summed E-state index contributed by atoms with van der Waals surface area (Å²) in [4.78, 5) is 39.4. The highest BCUT2D eigenvalue weighted by Gasteiger charge is 2.25. The van der Waals surface area contributed by atoms with Crippen molar-refractivity contribution < 1.29 is 4.79 Å². The normalized spacial score (nSPS) is 17.5. The molecule has 1 aromatic heterocycles. The lowest BCUT2D eigenvalue weighted by atomic mass is 9.88. The maximum atomic E-state index is 12.6. The molecule has 1 amide bonds.